The molecular formula is C21H19F3N4O3. The van der Waals surface area contributed by atoms with Crippen molar-refractivity contribution in [3.63, 3.8) is 0 Å². The van der Waals surface area contributed by atoms with Gasteiger partial charge < -0.3 is 21.1 Å². The van der Waals surface area contributed by atoms with Crippen LogP contribution in [0, 0.1) is 0 Å². The van der Waals surface area contributed by atoms with E-state index in [0.29, 0.717) is 30.7 Å². The van der Waals surface area contributed by atoms with Crippen LogP contribution in [0.3, 0.4) is 0 Å². The van der Waals surface area contributed by atoms with Crippen LogP contribution >= 0.6 is 0 Å². The van der Waals surface area contributed by atoms with Crippen molar-refractivity contribution in [3.05, 3.63) is 70.9 Å². The number of nitrogens with zero attached hydrogens (tertiary/aromatic N) is 1. The number of hydrogen-bond donors (Lipinski definition) is 3. The number of Topliss-reactive ketones (excluding diaryl/α,β-unsaturated/α-hetero) is 1. The van der Waals surface area contributed by atoms with E-state index in [-0.39, 0.29) is 16.8 Å². The van der Waals surface area contributed by atoms with Crippen LogP contribution in [0.15, 0.2) is 59.2 Å². The van der Waals surface area contributed by atoms with Crippen molar-refractivity contribution in [3.8, 4) is 0 Å². The molecule has 0 radical (unpaired) electrons. The molecule has 4 N–H and O–H groups in total. The first-order valence-electron chi connectivity index (χ1n) is 9.16. The molecule has 0 unspecified atom stereocenters. The van der Waals surface area contributed by atoms with Gasteiger partial charge in [0.2, 0.25) is 5.78 Å². The third-order valence-corrected chi connectivity index (χ3v) is 4.43. The van der Waals surface area contributed by atoms with Crippen LogP contribution in [0.5, 0.6) is 0 Å². The molecule has 0 spiro atoms. The lowest BCUT2D eigenvalue weighted by molar-refractivity contribution is -0.137. The quantitative estimate of drug-likeness (QED) is 0.381. The minimum atomic E-state index is -4.71. The molecule has 31 heavy (non-hydrogen) atoms. The fourth-order valence-corrected chi connectivity index (χ4v) is 2.97. The van der Waals surface area contributed by atoms with Gasteiger partial charge in [-0.2, -0.15) is 13.2 Å². The molecule has 0 saturated carbocycles. The van der Waals surface area contributed by atoms with Gasteiger partial charge in [0.15, 0.2) is 5.96 Å². The number of rotatable bonds is 5. The Kier molecular flexibility index (Phi) is 6.28. The average molecular weight is 432 g/mol. The van der Waals surface area contributed by atoms with Gasteiger partial charge in [-0.25, -0.2) is 4.79 Å². The second-order valence-corrected chi connectivity index (χ2v) is 6.55. The molecule has 0 atom stereocenters. The second-order valence-electron chi connectivity index (χ2n) is 6.55. The van der Waals surface area contributed by atoms with Crippen molar-refractivity contribution in [1.82, 2.24) is 5.32 Å². The number of allylic oxidation sites excluding steroid dienone is 1. The first-order chi connectivity index (χ1) is 14.7. The Morgan fingerprint density at radius 3 is 2.42 bits per heavy atom. The predicted octanol–water partition coefficient (Wildman–Crippen LogP) is 2.80. The number of anilines is 1. The SMILES string of the molecule is COC(=O)C(=C(N)C(=O)c1cc(NC2=NCCN2)cc(C(F)(F)F)c1)c1ccccc1. The molecule has 2 aromatic rings. The summed E-state index contributed by atoms with van der Waals surface area (Å²) >= 11 is 0. The molecule has 1 aliphatic rings. The number of carbonyl (C=O) groups is 2. The maximum Gasteiger partial charge on any atom is 0.416 e. The molecule has 0 fully saturated rings. The summed E-state index contributed by atoms with van der Waals surface area (Å²) < 4.78 is 45.0. The van der Waals surface area contributed by atoms with E-state index < -0.39 is 29.2 Å². The van der Waals surface area contributed by atoms with Crippen molar-refractivity contribution in [2.45, 2.75) is 6.18 Å². The van der Waals surface area contributed by atoms with Gasteiger partial charge in [0, 0.05) is 17.8 Å². The Morgan fingerprint density at radius 1 is 1.13 bits per heavy atom. The van der Waals surface area contributed by atoms with E-state index in [1.165, 1.54) is 18.2 Å². The number of ether oxygens (including phenoxy) is 1. The lowest BCUT2D eigenvalue weighted by Gasteiger charge is -2.15. The largest absolute Gasteiger partial charge is 0.465 e. The maximum absolute atomic E-state index is 13.4. The van der Waals surface area contributed by atoms with E-state index in [0.717, 1.165) is 13.2 Å². The number of aliphatic imine (C=N–C) groups is 1. The molecule has 0 amide bonds. The molecule has 0 bridgehead atoms. The van der Waals surface area contributed by atoms with Crippen LogP contribution in [0.2, 0.25) is 0 Å². The number of benzene rings is 2. The van der Waals surface area contributed by atoms with Gasteiger partial charge >= 0.3 is 12.1 Å². The summed E-state index contributed by atoms with van der Waals surface area (Å²) in [7, 11) is 1.12. The Labute approximate surface area is 175 Å². The number of nitrogens with two attached hydrogens (primary N) is 1. The number of carbonyl (C=O) groups excluding carboxylic acids is 2. The van der Waals surface area contributed by atoms with Crippen molar-refractivity contribution < 1.29 is 27.5 Å². The number of nitrogens with one attached hydrogen (secondary N) is 2. The summed E-state index contributed by atoms with van der Waals surface area (Å²) in [5.74, 6) is -1.53. The summed E-state index contributed by atoms with van der Waals surface area (Å²) in [5.41, 5.74) is 4.11. The standard InChI is InChI=1S/C21H19F3N4O3/c1-31-19(30)16(12-5-3-2-4-6-12)17(25)18(29)13-9-14(21(22,23)24)11-15(10-13)28-20-26-7-8-27-20/h2-6,9-11H,7-8,25H2,1H3,(H2,26,27,28). The first kappa shape index (κ1) is 21.9. The van der Waals surface area contributed by atoms with Crippen molar-refractivity contribution in [2.75, 3.05) is 25.5 Å². The summed E-state index contributed by atoms with van der Waals surface area (Å²) in [6, 6.07) is 10.8. The fourth-order valence-electron chi connectivity index (χ4n) is 2.97. The lowest BCUT2D eigenvalue weighted by atomic mass is 9.97. The molecule has 10 heteroatoms. The fraction of sp³-hybridized carbons (Fsp3) is 0.190. The third kappa shape index (κ3) is 5.03. The van der Waals surface area contributed by atoms with Gasteiger partial charge in [0.05, 0.1) is 30.5 Å². The summed E-state index contributed by atoms with van der Waals surface area (Å²) in [4.78, 5) is 29.4. The minimum absolute atomic E-state index is 0.00143. The highest BCUT2D eigenvalue weighted by molar-refractivity contribution is 6.26. The predicted molar refractivity (Wildman–Crippen MR) is 109 cm³/mol. The van der Waals surface area contributed by atoms with Crippen molar-refractivity contribution in [2.24, 2.45) is 10.7 Å². The Morgan fingerprint density at radius 2 is 1.84 bits per heavy atom. The molecule has 2 aromatic carbocycles. The number of halogens is 3. The normalized spacial score (nSPS) is 14.3. The number of hydrogen-bond acceptors (Lipinski definition) is 7. The van der Waals surface area contributed by atoms with E-state index in [4.69, 9.17) is 10.5 Å². The van der Waals surface area contributed by atoms with Gasteiger partial charge in [-0.15, -0.1) is 0 Å². The smallest absolute Gasteiger partial charge is 0.416 e. The zero-order valence-electron chi connectivity index (χ0n) is 16.4. The van der Waals surface area contributed by atoms with E-state index in [1.807, 2.05) is 0 Å². The molecule has 1 aliphatic heterocycles. The van der Waals surface area contributed by atoms with Gasteiger partial charge in [-0.1, -0.05) is 30.3 Å². The van der Waals surface area contributed by atoms with E-state index >= 15 is 0 Å². The maximum atomic E-state index is 13.4. The van der Waals surface area contributed by atoms with Crippen LogP contribution in [0.1, 0.15) is 21.5 Å². The Hall–Kier alpha value is -3.82. The second kappa shape index (κ2) is 8.90. The molecule has 0 aliphatic carbocycles. The molecule has 0 aromatic heterocycles. The lowest BCUT2D eigenvalue weighted by Crippen LogP contribution is -2.26. The van der Waals surface area contributed by atoms with E-state index in [9.17, 15) is 22.8 Å². The van der Waals surface area contributed by atoms with Crippen LogP contribution in [-0.4, -0.2) is 37.9 Å². The number of alkyl halides is 3. The highest BCUT2D eigenvalue weighted by Crippen LogP contribution is 2.33. The Balaban J connectivity index is 2.09. The van der Waals surface area contributed by atoms with Gasteiger partial charge in [-0.05, 0) is 23.8 Å². The average Bonchev–Trinajstić information content (AvgIpc) is 3.26. The molecule has 162 valence electrons. The molecule has 1 heterocycles. The highest BCUT2D eigenvalue weighted by atomic mass is 19.4. The summed E-state index contributed by atoms with van der Waals surface area (Å²) in [5, 5.41) is 5.60. The van der Waals surface area contributed by atoms with Gasteiger partial charge in [0.25, 0.3) is 0 Å². The molecule has 0 saturated heterocycles. The van der Waals surface area contributed by atoms with Crippen LogP contribution in [-0.2, 0) is 15.7 Å². The van der Waals surface area contributed by atoms with Gasteiger partial charge in [0.1, 0.15) is 0 Å². The zero-order valence-corrected chi connectivity index (χ0v) is 16.4. The topological polar surface area (TPSA) is 106 Å². The first-order valence-corrected chi connectivity index (χ1v) is 9.16. The van der Waals surface area contributed by atoms with Crippen LogP contribution < -0.4 is 16.4 Å². The zero-order chi connectivity index (χ0) is 22.6. The third-order valence-electron chi connectivity index (χ3n) is 4.43. The van der Waals surface area contributed by atoms with E-state index in [1.54, 1.807) is 18.2 Å². The molecule has 7 nitrogen and oxygen atoms in total. The number of guanidine groups is 1. The highest BCUT2D eigenvalue weighted by Gasteiger charge is 2.33. The molecular weight excluding hydrogens is 413 g/mol. The summed E-state index contributed by atoms with van der Waals surface area (Å²) in [6.07, 6.45) is -4.71. The van der Waals surface area contributed by atoms with Crippen LogP contribution in [0.25, 0.3) is 5.57 Å². The number of ketones is 1. The van der Waals surface area contributed by atoms with Gasteiger partial charge in [-0.3, -0.25) is 9.79 Å². The molecule has 3 rings (SSSR count). The van der Waals surface area contributed by atoms with Crippen LogP contribution in [0.4, 0.5) is 18.9 Å². The summed E-state index contributed by atoms with van der Waals surface area (Å²) in [6.45, 7) is 1.02. The number of esters is 1. The minimum Gasteiger partial charge on any atom is -0.465 e. The van der Waals surface area contributed by atoms with E-state index in [2.05, 4.69) is 15.6 Å². The Bertz CT molecular complexity index is 1060. The van der Waals surface area contributed by atoms with Crippen molar-refractivity contribution in [1.29, 1.82) is 0 Å². The number of methoxy groups -OCH3 is 1. The monoisotopic (exact) mass is 432 g/mol. The van der Waals surface area contributed by atoms with Crippen molar-refractivity contribution >= 4 is 29.0 Å².